The zero-order valence-corrected chi connectivity index (χ0v) is 8.75. The number of carbonyl (C=O) groups excluding carboxylic acids is 1. The minimum Gasteiger partial charge on any atom is -0.367 e. The van der Waals surface area contributed by atoms with Gasteiger partial charge in [-0.2, -0.15) is 0 Å². The Morgan fingerprint density at radius 3 is 2.93 bits per heavy atom. The summed E-state index contributed by atoms with van der Waals surface area (Å²) in [6.07, 6.45) is 7.29. The number of nitrogens with one attached hydrogen (secondary N) is 2. The molecular formula is C11H17N3O. The summed E-state index contributed by atoms with van der Waals surface area (Å²) in [6, 6.07) is 1.95. The number of carbonyl (C=O) groups is 1. The van der Waals surface area contributed by atoms with Crippen LogP contribution in [0.2, 0.25) is 0 Å². The predicted molar refractivity (Wildman–Crippen MR) is 58.0 cm³/mol. The topological polar surface area (TPSA) is 70.9 Å². The number of hydrogen-bond donors (Lipinski definition) is 3. The van der Waals surface area contributed by atoms with Crippen LogP contribution in [-0.4, -0.2) is 16.4 Å². The number of amides is 1. The van der Waals surface area contributed by atoms with Crippen LogP contribution < -0.4 is 11.1 Å². The average Bonchev–Trinajstić information content (AvgIpc) is 2.64. The molecule has 0 spiro atoms. The quantitative estimate of drug-likeness (QED) is 0.686. The number of nitrogens with two attached hydrogens (primary N) is 1. The van der Waals surface area contributed by atoms with Crippen LogP contribution in [0.1, 0.15) is 31.2 Å². The Hall–Kier alpha value is -1.29. The van der Waals surface area contributed by atoms with E-state index in [4.69, 9.17) is 5.73 Å². The molecule has 0 unspecified atom stereocenters. The summed E-state index contributed by atoms with van der Waals surface area (Å²) in [5.41, 5.74) is 6.85. The normalized spacial score (nSPS) is 18.2. The highest BCUT2D eigenvalue weighted by Crippen LogP contribution is 2.31. The fourth-order valence-corrected chi connectivity index (χ4v) is 1.86. The van der Waals surface area contributed by atoms with E-state index in [2.05, 4.69) is 10.3 Å². The van der Waals surface area contributed by atoms with Gasteiger partial charge in [0.15, 0.2) is 0 Å². The molecule has 4 N–H and O–H groups in total. The van der Waals surface area contributed by atoms with Crippen LogP contribution in [0.15, 0.2) is 18.5 Å². The first-order valence-corrected chi connectivity index (χ1v) is 5.35. The lowest BCUT2D eigenvalue weighted by atomic mass is 9.75. The Morgan fingerprint density at radius 1 is 1.60 bits per heavy atom. The van der Waals surface area contributed by atoms with Crippen molar-refractivity contribution in [1.82, 2.24) is 10.3 Å². The molecule has 0 aliphatic heterocycles. The molecule has 1 aliphatic carbocycles. The van der Waals surface area contributed by atoms with E-state index in [0.717, 1.165) is 24.8 Å². The second-order valence-electron chi connectivity index (χ2n) is 4.39. The fraction of sp³-hybridized carbons (Fsp3) is 0.545. The maximum atomic E-state index is 11.5. The monoisotopic (exact) mass is 207 g/mol. The lowest BCUT2D eigenvalue weighted by Gasteiger charge is -2.37. The molecule has 1 aromatic rings. The van der Waals surface area contributed by atoms with Gasteiger partial charge in [0, 0.05) is 30.9 Å². The summed E-state index contributed by atoms with van der Waals surface area (Å²) in [5, 5.41) is 2.87. The SMILES string of the molecule is NC1(CC(=O)NCc2cc[nH]c2)CCC1. The summed E-state index contributed by atoms with van der Waals surface area (Å²) >= 11 is 0. The number of aromatic nitrogens is 1. The first-order chi connectivity index (χ1) is 7.18. The molecule has 0 atom stereocenters. The minimum atomic E-state index is -0.220. The molecule has 1 heterocycles. The van der Waals surface area contributed by atoms with Crippen molar-refractivity contribution in [3.63, 3.8) is 0 Å². The van der Waals surface area contributed by atoms with Crippen molar-refractivity contribution in [3.05, 3.63) is 24.0 Å². The summed E-state index contributed by atoms with van der Waals surface area (Å²) in [4.78, 5) is 14.5. The fourth-order valence-electron chi connectivity index (χ4n) is 1.86. The molecule has 15 heavy (non-hydrogen) atoms. The van der Waals surface area contributed by atoms with E-state index >= 15 is 0 Å². The average molecular weight is 207 g/mol. The zero-order valence-electron chi connectivity index (χ0n) is 8.75. The van der Waals surface area contributed by atoms with Gasteiger partial charge in [0.05, 0.1) is 0 Å². The van der Waals surface area contributed by atoms with Gasteiger partial charge in [-0.15, -0.1) is 0 Å². The third-order valence-corrected chi connectivity index (χ3v) is 3.01. The number of rotatable bonds is 4. The summed E-state index contributed by atoms with van der Waals surface area (Å²) in [5.74, 6) is 0.0541. The smallest absolute Gasteiger partial charge is 0.222 e. The molecule has 1 amide bonds. The van der Waals surface area contributed by atoms with Crippen molar-refractivity contribution in [2.75, 3.05) is 0 Å². The first kappa shape index (κ1) is 10.2. The van der Waals surface area contributed by atoms with Gasteiger partial charge in [-0.05, 0) is 30.9 Å². The molecule has 4 nitrogen and oxygen atoms in total. The van der Waals surface area contributed by atoms with E-state index in [-0.39, 0.29) is 11.4 Å². The summed E-state index contributed by atoms with van der Waals surface area (Å²) < 4.78 is 0. The Bertz CT molecular complexity index is 328. The Kier molecular flexibility index (Phi) is 2.77. The van der Waals surface area contributed by atoms with Crippen molar-refractivity contribution in [2.45, 2.75) is 37.8 Å². The molecule has 1 aromatic heterocycles. The van der Waals surface area contributed by atoms with E-state index < -0.39 is 0 Å². The van der Waals surface area contributed by atoms with E-state index in [1.54, 1.807) is 0 Å². The Labute approximate surface area is 89.2 Å². The van der Waals surface area contributed by atoms with Crippen LogP contribution in [0.5, 0.6) is 0 Å². The second kappa shape index (κ2) is 4.06. The van der Waals surface area contributed by atoms with Crippen molar-refractivity contribution in [3.8, 4) is 0 Å². The minimum absolute atomic E-state index is 0.0541. The second-order valence-corrected chi connectivity index (χ2v) is 4.39. The van der Waals surface area contributed by atoms with Crippen LogP contribution in [-0.2, 0) is 11.3 Å². The number of hydrogen-bond acceptors (Lipinski definition) is 2. The van der Waals surface area contributed by atoms with Crippen LogP contribution in [0.3, 0.4) is 0 Å². The Morgan fingerprint density at radius 2 is 2.40 bits per heavy atom. The zero-order chi connectivity index (χ0) is 10.7. The number of aromatic amines is 1. The molecule has 82 valence electrons. The molecule has 2 rings (SSSR count). The van der Waals surface area contributed by atoms with E-state index in [1.807, 2.05) is 18.5 Å². The molecule has 0 aromatic carbocycles. The van der Waals surface area contributed by atoms with Crippen molar-refractivity contribution < 1.29 is 4.79 Å². The third-order valence-electron chi connectivity index (χ3n) is 3.01. The summed E-state index contributed by atoms with van der Waals surface area (Å²) in [7, 11) is 0. The van der Waals surface area contributed by atoms with Crippen molar-refractivity contribution >= 4 is 5.91 Å². The van der Waals surface area contributed by atoms with Crippen molar-refractivity contribution in [1.29, 1.82) is 0 Å². The van der Waals surface area contributed by atoms with Gasteiger partial charge >= 0.3 is 0 Å². The van der Waals surface area contributed by atoms with Gasteiger partial charge in [0.1, 0.15) is 0 Å². The molecule has 0 radical (unpaired) electrons. The van der Waals surface area contributed by atoms with Gasteiger partial charge < -0.3 is 16.0 Å². The van der Waals surface area contributed by atoms with Crippen LogP contribution >= 0.6 is 0 Å². The lowest BCUT2D eigenvalue weighted by Crippen LogP contribution is -2.49. The van der Waals surface area contributed by atoms with Crippen LogP contribution in [0.4, 0.5) is 0 Å². The standard InChI is InChI=1S/C11H17N3O/c12-11(3-1-4-11)6-10(15)14-8-9-2-5-13-7-9/h2,5,7,13H,1,3-4,6,8,12H2,(H,14,15). The highest BCUT2D eigenvalue weighted by molar-refractivity contribution is 5.77. The highest BCUT2D eigenvalue weighted by Gasteiger charge is 2.34. The van der Waals surface area contributed by atoms with Crippen molar-refractivity contribution in [2.24, 2.45) is 5.73 Å². The summed E-state index contributed by atoms with van der Waals surface area (Å²) in [6.45, 7) is 0.582. The van der Waals surface area contributed by atoms with E-state index in [0.29, 0.717) is 13.0 Å². The maximum Gasteiger partial charge on any atom is 0.222 e. The largest absolute Gasteiger partial charge is 0.367 e. The Balaban J connectivity index is 1.73. The predicted octanol–water partition coefficient (Wildman–Crippen LogP) is 0.902. The first-order valence-electron chi connectivity index (χ1n) is 5.35. The molecule has 0 bridgehead atoms. The highest BCUT2D eigenvalue weighted by atomic mass is 16.1. The van der Waals surface area contributed by atoms with Gasteiger partial charge in [0.2, 0.25) is 5.91 Å². The van der Waals surface area contributed by atoms with E-state index in [1.165, 1.54) is 0 Å². The third kappa shape index (κ3) is 2.59. The van der Waals surface area contributed by atoms with Gasteiger partial charge in [-0.3, -0.25) is 4.79 Å². The molecule has 0 saturated heterocycles. The lowest BCUT2D eigenvalue weighted by molar-refractivity contribution is -0.123. The molecule has 1 fully saturated rings. The number of H-pyrrole nitrogens is 1. The van der Waals surface area contributed by atoms with Gasteiger partial charge in [-0.25, -0.2) is 0 Å². The van der Waals surface area contributed by atoms with Gasteiger partial charge in [0.25, 0.3) is 0 Å². The van der Waals surface area contributed by atoms with Crippen LogP contribution in [0, 0.1) is 0 Å². The molecule has 1 aliphatic rings. The molecule has 1 saturated carbocycles. The van der Waals surface area contributed by atoms with Gasteiger partial charge in [-0.1, -0.05) is 0 Å². The maximum absolute atomic E-state index is 11.5. The molecule has 4 heteroatoms. The van der Waals surface area contributed by atoms with Crippen LogP contribution in [0.25, 0.3) is 0 Å². The molecular weight excluding hydrogens is 190 g/mol. The van der Waals surface area contributed by atoms with E-state index in [9.17, 15) is 4.79 Å².